The van der Waals surface area contributed by atoms with Crippen LogP contribution in [0.4, 0.5) is 0 Å². The fourth-order valence-corrected chi connectivity index (χ4v) is 3.08. The van der Waals surface area contributed by atoms with E-state index in [9.17, 15) is 4.79 Å². The van der Waals surface area contributed by atoms with Crippen LogP contribution < -0.4 is 5.32 Å². The van der Waals surface area contributed by atoms with E-state index in [1.54, 1.807) is 23.0 Å². The average Bonchev–Trinajstić information content (AvgIpc) is 3.42. The predicted molar refractivity (Wildman–Crippen MR) is 103 cm³/mol. The molecule has 1 aromatic heterocycles. The number of carbonyl (C=O) groups excluding carboxylic acids is 1. The van der Waals surface area contributed by atoms with Crippen molar-refractivity contribution in [2.75, 3.05) is 0 Å². The lowest BCUT2D eigenvalue weighted by atomic mass is 10.0. The van der Waals surface area contributed by atoms with Gasteiger partial charge < -0.3 is 5.32 Å². The number of hydrogen-bond acceptors (Lipinski definition) is 2. The van der Waals surface area contributed by atoms with Crippen LogP contribution in [0.15, 0.2) is 79.1 Å². The molecule has 4 nitrogen and oxygen atoms in total. The summed E-state index contributed by atoms with van der Waals surface area (Å²) in [6, 6.07) is 20.2. The van der Waals surface area contributed by atoms with Crippen LogP contribution in [-0.4, -0.2) is 15.7 Å². The SMILES string of the molecule is O=C(C=Cc1cnn(-c2ccccc2)c1)NC(c1ccccc1)C1CC1. The Kier molecular flexibility index (Phi) is 4.65. The Morgan fingerprint density at radius 3 is 2.46 bits per heavy atom. The van der Waals surface area contributed by atoms with Gasteiger partial charge in [0.1, 0.15) is 0 Å². The molecule has 4 rings (SSSR count). The van der Waals surface area contributed by atoms with Crippen LogP contribution in [0.5, 0.6) is 0 Å². The minimum absolute atomic E-state index is 0.0711. The van der Waals surface area contributed by atoms with Crippen LogP contribution in [0.25, 0.3) is 11.8 Å². The van der Waals surface area contributed by atoms with Crippen LogP contribution in [0.2, 0.25) is 0 Å². The minimum Gasteiger partial charge on any atom is -0.345 e. The first-order valence-corrected chi connectivity index (χ1v) is 8.93. The Morgan fingerprint density at radius 2 is 1.77 bits per heavy atom. The second-order valence-electron chi connectivity index (χ2n) is 6.62. The van der Waals surface area contributed by atoms with E-state index >= 15 is 0 Å². The highest BCUT2D eigenvalue weighted by Crippen LogP contribution is 2.40. The van der Waals surface area contributed by atoms with Gasteiger partial charge in [0, 0.05) is 17.8 Å². The molecule has 1 fully saturated rings. The van der Waals surface area contributed by atoms with E-state index in [2.05, 4.69) is 22.5 Å². The molecule has 1 unspecified atom stereocenters. The van der Waals surface area contributed by atoms with Crippen molar-refractivity contribution >= 4 is 12.0 Å². The van der Waals surface area contributed by atoms with Gasteiger partial charge in [0.2, 0.25) is 5.91 Å². The van der Waals surface area contributed by atoms with Gasteiger partial charge in [-0.2, -0.15) is 5.10 Å². The van der Waals surface area contributed by atoms with E-state index in [1.807, 2.05) is 54.7 Å². The Morgan fingerprint density at radius 1 is 1.08 bits per heavy atom. The van der Waals surface area contributed by atoms with Crippen molar-refractivity contribution in [1.82, 2.24) is 15.1 Å². The number of benzene rings is 2. The highest BCUT2D eigenvalue weighted by atomic mass is 16.1. The molecule has 0 radical (unpaired) electrons. The molecule has 0 aliphatic heterocycles. The molecule has 3 aromatic rings. The maximum atomic E-state index is 12.4. The fraction of sp³-hybridized carbons (Fsp3) is 0.182. The van der Waals surface area contributed by atoms with Gasteiger partial charge in [0.05, 0.1) is 17.9 Å². The smallest absolute Gasteiger partial charge is 0.244 e. The first-order valence-electron chi connectivity index (χ1n) is 8.93. The summed E-state index contributed by atoms with van der Waals surface area (Å²) in [5.41, 5.74) is 3.06. The van der Waals surface area contributed by atoms with Crippen LogP contribution in [-0.2, 0) is 4.79 Å². The van der Waals surface area contributed by atoms with Crippen molar-refractivity contribution < 1.29 is 4.79 Å². The highest BCUT2D eigenvalue weighted by molar-refractivity contribution is 5.92. The number of nitrogens with zero attached hydrogens (tertiary/aromatic N) is 2. The van der Waals surface area contributed by atoms with Gasteiger partial charge in [-0.1, -0.05) is 48.5 Å². The molecule has 130 valence electrons. The van der Waals surface area contributed by atoms with Gasteiger partial charge in [-0.3, -0.25) is 4.79 Å². The topological polar surface area (TPSA) is 46.9 Å². The molecular formula is C22H21N3O. The van der Waals surface area contributed by atoms with E-state index in [-0.39, 0.29) is 11.9 Å². The lowest BCUT2D eigenvalue weighted by molar-refractivity contribution is -0.117. The molecule has 0 bridgehead atoms. The monoisotopic (exact) mass is 343 g/mol. The molecule has 1 saturated carbocycles. The molecule has 2 aromatic carbocycles. The molecule has 1 atom stereocenters. The van der Waals surface area contributed by atoms with Crippen molar-refractivity contribution in [2.24, 2.45) is 5.92 Å². The largest absolute Gasteiger partial charge is 0.345 e. The summed E-state index contributed by atoms with van der Waals surface area (Å²) in [6.45, 7) is 0. The third-order valence-corrected chi connectivity index (χ3v) is 4.60. The number of aromatic nitrogens is 2. The first kappa shape index (κ1) is 16.3. The molecule has 1 heterocycles. The summed E-state index contributed by atoms with van der Waals surface area (Å²) < 4.78 is 1.80. The summed E-state index contributed by atoms with van der Waals surface area (Å²) in [5, 5.41) is 7.50. The third kappa shape index (κ3) is 3.91. The molecule has 1 aliphatic rings. The number of amides is 1. The van der Waals surface area contributed by atoms with Crippen molar-refractivity contribution in [3.63, 3.8) is 0 Å². The van der Waals surface area contributed by atoms with Gasteiger partial charge in [-0.25, -0.2) is 4.68 Å². The average molecular weight is 343 g/mol. The Hall–Kier alpha value is -3.14. The molecular weight excluding hydrogens is 322 g/mol. The second kappa shape index (κ2) is 7.40. The summed E-state index contributed by atoms with van der Waals surface area (Å²) in [5.74, 6) is 0.480. The third-order valence-electron chi connectivity index (χ3n) is 4.60. The minimum atomic E-state index is -0.0711. The maximum absolute atomic E-state index is 12.4. The van der Waals surface area contributed by atoms with Crippen molar-refractivity contribution in [3.05, 3.63) is 90.3 Å². The van der Waals surface area contributed by atoms with Gasteiger partial charge in [0.25, 0.3) is 0 Å². The van der Waals surface area contributed by atoms with Gasteiger partial charge >= 0.3 is 0 Å². The van der Waals surface area contributed by atoms with Crippen LogP contribution >= 0.6 is 0 Å². The standard InChI is InChI=1S/C22H21N3O/c26-21(24-22(19-12-13-19)18-7-3-1-4-8-18)14-11-17-15-23-25(16-17)20-9-5-2-6-10-20/h1-11,14-16,19,22H,12-13H2,(H,24,26). The Labute approximate surface area is 153 Å². The van der Waals surface area contributed by atoms with E-state index in [0.717, 1.165) is 11.3 Å². The molecule has 26 heavy (non-hydrogen) atoms. The lowest BCUT2D eigenvalue weighted by Crippen LogP contribution is -2.28. The molecule has 4 heteroatoms. The van der Waals surface area contributed by atoms with Crippen LogP contribution in [0.3, 0.4) is 0 Å². The van der Waals surface area contributed by atoms with Crippen molar-refractivity contribution in [2.45, 2.75) is 18.9 Å². The van der Waals surface area contributed by atoms with Crippen LogP contribution in [0, 0.1) is 5.92 Å². The zero-order valence-corrected chi connectivity index (χ0v) is 14.5. The van der Waals surface area contributed by atoms with Crippen molar-refractivity contribution in [1.29, 1.82) is 0 Å². The molecule has 1 N–H and O–H groups in total. The highest BCUT2D eigenvalue weighted by Gasteiger charge is 2.32. The number of nitrogens with one attached hydrogen (secondary N) is 1. The van der Waals surface area contributed by atoms with E-state index in [4.69, 9.17) is 0 Å². The normalized spacial score (nSPS) is 15.1. The summed E-state index contributed by atoms with van der Waals surface area (Å²) in [7, 11) is 0. The van der Waals surface area contributed by atoms with Gasteiger partial charge in [-0.15, -0.1) is 0 Å². The van der Waals surface area contributed by atoms with Crippen molar-refractivity contribution in [3.8, 4) is 5.69 Å². The fourth-order valence-electron chi connectivity index (χ4n) is 3.08. The molecule has 1 aliphatic carbocycles. The quantitative estimate of drug-likeness (QED) is 0.683. The first-order chi connectivity index (χ1) is 12.8. The number of rotatable bonds is 6. The zero-order chi connectivity index (χ0) is 17.8. The van der Waals surface area contributed by atoms with E-state index in [1.165, 1.54) is 18.4 Å². The molecule has 1 amide bonds. The number of carbonyl (C=O) groups is 1. The maximum Gasteiger partial charge on any atom is 0.244 e. The summed E-state index contributed by atoms with van der Waals surface area (Å²) >= 11 is 0. The number of hydrogen-bond donors (Lipinski definition) is 1. The summed E-state index contributed by atoms with van der Waals surface area (Å²) in [4.78, 5) is 12.4. The molecule has 0 saturated heterocycles. The Balaban J connectivity index is 1.42. The number of para-hydroxylation sites is 1. The predicted octanol–water partition coefficient (Wildman–Crippen LogP) is 4.15. The van der Waals surface area contributed by atoms with Gasteiger partial charge in [-0.05, 0) is 42.5 Å². The second-order valence-corrected chi connectivity index (χ2v) is 6.62. The van der Waals surface area contributed by atoms with Crippen LogP contribution in [0.1, 0.15) is 30.0 Å². The zero-order valence-electron chi connectivity index (χ0n) is 14.5. The van der Waals surface area contributed by atoms with Gasteiger partial charge in [0.15, 0.2) is 0 Å². The Bertz CT molecular complexity index is 895. The summed E-state index contributed by atoms with van der Waals surface area (Å²) in [6.07, 6.45) is 9.41. The molecule has 0 spiro atoms. The van der Waals surface area contributed by atoms with E-state index < -0.39 is 0 Å². The lowest BCUT2D eigenvalue weighted by Gasteiger charge is -2.17. The van der Waals surface area contributed by atoms with E-state index in [0.29, 0.717) is 5.92 Å².